The third-order valence-electron chi connectivity index (χ3n) is 6.62. The summed E-state index contributed by atoms with van der Waals surface area (Å²) in [4.78, 5) is 0. The molecule has 0 heterocycles. The van der Waals surface area contributed by atoms with Gasteiger partial charge in [0.05, 0.1) is 6.61 Å². The third kappa shape index (κ3) is 7.41. The van der Waals surface area contributed by atoms with Crippen LogP contribution in [0, 0.1) is 0 Å². The fraction of sp³-hybridized carbons (Fsp3) is 0.333. The summed E-state index contributed by atoms with van der Waals surface area (Å²) in [7, 11) is -8.38. The van der Waals surface area contributed by atoms with Crippen LogP contribution in [0.1, 0.15) is 46.1 Å². The normalized spacial score (nSPS) is 13.4. The van der Waals surface area contributed by atoms with Gasteiger partial charge in [-0.1, -0.05) is 111 Å². The summed E-state index contributed by atoms with van der Waals surface area (Å²) in [6.45, 7) is 9.06. The lowest BCUT2D eigenvalue weighted by Crippen LogP contribution is -2.66. The van der Waals surface area contributed by atoms with Crippen LogP contribution in [0.3, 0.4) is 0 Å². The molecule has 4 nitrogen and oxygen atoms in total. The minimum atomic E-state index is -5.72. The minimum absolute atomic E-state index is 0.141. The van der Waals surface area contributed by atoms with Crippen molar-refractivity contribution in [1.82, 2.24) is 0 Å². The zero-order valence-electron chi connectivity index (χ0n) is 22.7. The molecule has 0 atom stereocenters. The molecule has 0 aliphatic rings. The van der Waals surface area contributed by atoms with Crippen molar-refractivity contribution in [3.8, 4) is 5.75 Å². The predicted molar refractivity (Wildman–Crippen MR) is 152 cm³/mol. The molecular formula is C30H35F3O4SSi. The fourth-order valence-corrected chi connectivity index (χ4v) is 9.67. The standard InChI is InChI=1S/C30H35F3O4SSi/c1-24(14-13-16-25-15-11-12-21-28(25)37-38(34,35)30(31,32)33)22-23-36-39(29(2,3)4,26-17-7-5-8-18-26)27-19-9-6-10-20-27/h5-12,15,17-22H,13-14,16,23H2,1-4H3/b24-22-. The van der Waals surface area contributed by atoms with Crippen LogP contribution < -0.4 is 14.6 Å². The van der Waals surface area contributed by atoms with E-state index in [0.717, 1.165) is 5.57 Å². The molecule has 3 aromatic rings. The topological polar surface area (TPSA) is 52.6 Å². The van der Waals surface area contributed by atoms with Crippen molar-refractivity contribution in [2.75, 3.05) is 6.61 Å². The number of allylic oxidation sites excluding steroid dienone is 1. The highest BCUT2D eigenvalue weighted by Crippen LogP contribution is 2.37. The molecule has 0 aliphatic heterocycles. The summed E-state index contributed by atoms with van der Waals surface area (Å²) in [6.07, 6.45) is 3.69. The molecule has 0 fully saturated rings. The smallest absolute Gasteiger partial charge is 0.404 e. The Hall–Kier alpha value is -2.88. The first kappa shape index (κ1) is 30.7. The Kier molecular flexibility index (Phi) is 9.85. The van der Waals surface area contributed by atoms with Gasteiger partial charge in [-0.3, -0.25) is 0 Å². The van der Waals surface area contributed by atoms with E-state index in [1.54, 1.807) is 12.1 Å². The Balaban J connectivity index is 1.72. The summed E-state index contributed by atoms with van der Waals surface area (Å²) in [5.41, 5.74) is -4.00. The maximum atomic E-state index is 12.8. The quantitative estimate of drug-likeness (QED) is 0.110. The van der Waals surface area contributed by atoms with Gasteiger partial charge in [0.15, 0.2) is 0 Å². The Morgan fingerprint density at radius 2 is 1.36 bits per heavy atom. The van der Waals surface area contributed by atoms with Crippen LogP contribution in [-0.2, 0) is 21.0 Å². The van der Waals surface area contributed by atoms with Gasteiger partial charge in [0.2, 0.25) is 0 Å². The van der Waals surface area contributed by atoms with Gasteiger partial charge in [0, 0.05) is 0 Å². The number of alkyl halides is 3. The lowest BCUT2D eigenvalue weighted by molar-refractivity contribution is -0.0500. The maximum Gasteiger partial charge on any atom is 0.534 e. The van der Waals surface area contributed by atoms with E-state index in [4.69, 9.17) is 4.43 Å². The van der Waals surface area contributed by atoms with E-state index < -0.39 is 23.9 Å². The molecule has 9 heteroatoms. The second-order valence-corrected chi connectivity index (χ2v) is 16.3. The van der Waals surface area contributed by atoms with Gasteiger partial charge in [-0.2, -0.15) is 21.6 Å². The van der Waals surface area contributed by atoms with Crippen molar-refractivity contribution in [2.24, 2.45) is 0 Å². The first-order valence-electron chi connectivity index (χ1n) is 12.8. The Bertz CT molecular complexity index is 1310. The van der Waals surface area contributed by atoms with Gasteiger partial charge in [-0.15, -0.1) is 0 Å². The number of hydrogen-bond donors (Lipinski definition) is 0. The molecule has 0 unspecified atom stereocenters. The molecule has 0 N–H and O–H groups in total. The van der Waals surface area contributed by atoms with Crippen LogP contribution in [0.25, 0.3) is 0 Å². The average molecular weight is 577 g/mol. The van der Waals surface area contributed by atoms with Gasteiger partial charge in [0.25, 0.3) is 8.32 Å². The van der Waals surface area contributed by atoms with Crippen molar-refractivity contribution in [3.63, 3.8) is 0 Å². The van der Waals surface area contributed by atoms with Crippen molar-refractivity contribution in [3.05, 3.63) is 102 Å². The second-order valence-electron chi connectivity index (χ2n) is 10.5. The first-order valence-corrected chi connectivity index (χ1v) is 16.1. The molecule has 0 saturated carbocycles. The second kappa shape index (κ2) is 12.5. The zero-order chi connectivity index (χ0) is 28.7. The highest BCUT2D eigenvalue weighted by atomic mass is 32.2. The summed E-state index contributed by atoms with van der Waals surface area (Å²) in [5, 5.41) is 2.25. The molecule has 0 amide bonds. The van der Waals surface area contributed by atoms with Gasteiger partial charge in [0.1, 0.15) is 5.75 Å². The summed E-state index contributed by atoms with van der Waals surface area (Å²) < 4.78 is 72.5. The number of para-hydroxylation sites is 1. The molecule has 0 aliphatic carbocycles. The molecule has 0 radical (unpaired) electrons. The van der Waals surface area contributed by atoms with Crippen LogP contribution >= 0.6 is 0 Å². The fourth-order valence-electron chi connectivity index (χ4n) is 4.69. The van der Waals surface area contributed by atoms with E-state index in [1.807, 2.05) is 43.3 Å². The predicted octanol–water partition coefficient (Wildman–Crippen LogP) is 6.76. The number of rotatable bonds is 11. The molecule has 39 heavy (non-hydrogen) atoms. The summed E-state index contributed by atoms with van der Waals surface area (Å²) >= 11 is 0. The van der Waals surface area contributed by atoms with Crippen LogP contribution in [-0.4, -0.2) is 28.9 Å². The SMILES string of the molecule is C/C(=C/CO[Si](c1ccccc1)(c1ccccc1)C(C)(C)C)CCCc1ccccc1OS(=O)(=O)C(F)(F)F. The maximum absolute atomic E-state index is 12.8. The van der Waals surface area contributed by atoms with Gasteiger partial charge < -0.3 is 8.61 Å². The summed E-state index contributed by atoms with van der Waals surface area (Å²) in [5.74, 6) is -0.300. The van der Waals surface area contributed by atoms with Crippen LogP contribution in [0.4, 0.5) is 13.2 Å². The molecule has 0 aromatic heterocycles. The number of aryl methyl sites for hydroxylation is 1. The average Bonchev–Trinajstić information content (AvgIpc) is 2.87. The lowest BCUT2D eigenvalue weighted by atomic mass is 10.0. The van der Waals surface area contributed by atoms with E-state index in [2.05, 4.69) is 55.3 Å². The van der Waals surface area contributed by atoms with Crippen molar-refractivity contribution >= 4 is 28.8 Å². The number of halogens is 3. The lowest BCUT2D eigenvalue weighted by Gasteiger charge is -2.42. The van der Waals surface area contributed by atoms with E-state index >= 15 is 0 Å². The van der Waals surface area contributed by atoms with Crippen molar-refractivity contribution in [1.29, 1.82) is 0 Å². The number of hydrogen-bond acceptors (Lipinski definition) is 4. The third-order valence-corrected chi connectivity index (χ3v) is 12.6. The molecule has 3 rings (SSSR count). The number of benzene rings is 3. The van der Waals surface area contributed by atoms with E-state index in [9.17, 15) is 21.6 Å². The molecule has 0 saturated heterocycles. The van der Waals surface area contributed by atoms with E-state index in [1.165, 1.54) is 22.5 Å². The Morgan fingerprint density at radius 3 is 1.87 bits per heavy atom. The van der Waals surface area contributed by atoms with Gasteiger partial charge in [-0.25, -0.2) is 0 Å². The largest absolute Gasteiger partial charge is 0.534 e. The van der Waals surface area contributed by atoms with Gasteiger partial charge >= 0.3 is 15.6 Å². The van der Waals surface area contributed by atoms with E-state index in [0.29, 0.717) is 31.4 Å². The molecule has 210 valence electrons. The van der Waals surface area contributed by atoms with Crippen molar-refractivity contribution in [2.45, 2.75) is 57.5 Å². The monoisotopic (exact) mass is 576 g/mol. The van der Waals surface area contributed by atoms with Gasteiger partial charge in [-0.05, 0) is 53.2 Å². The van der Waals surface area contributed by atoms with Crippen LogP contribution in [0.5, 0.6) is 5.75 Å². The first-order chi connectivity index (χ1) is 18.3. The molecule has 0 spiro atoms. The molecular weight excluding hydrogens is 541 g/mol. The van der Waals surface area contributed by atoms with Crippen LogP contribution in [0.2, 0.25) is 5.04 Å². The highest BCUT2D eigenvalue weighted by Gasteiger charge is 2.50. The summed E-state index contributed by atoms with van der Waals surface area (Å²) in [6, 6.07) is 26.6. The van der Waals surface area contributed by atoms with Crippen molar-refractivity contribution < 1.29 is 30.2 Å². The van der Waals surface area contributed by atoms with Crippen LogP contribution in [0.15, 0.2) is 96.6 Å². The zero-order valence-corrected chi connectivity index (χ0v) is 24.5. The Morgan fingerprint density at radius 1 is 0.846 bits per heavy atom. The Labute approximate surface area is 230 Å². The molecule has 3 aromatic carbocycles. The minimum Gasteiger partial charge on any atom is -0.404 e. The highest BCUT2D eigenvalue weighted by molar-refractivity contribution is 7.88. The molecule has 0 bridgehead atoms. The van der Waals surface area contributed by atoms with E-state index in [-0.39, 0.29) is 10.8 Å².